The van der Waals surface area contributed by atoms with E-state index in [4.69, 9.17) is 4.74 Å². The largest absolute Gasteiger partial charge is 0.493 e. The number of para-hydroxylation sites is 1. The van der Waals surface area contributed by atoms with Crippen molar-refractivity contribution in [3.63, 3.8) is 0 Å². The molecule has 2 nitrogen and oxygen atoms in total. The molecular formula is C17H19NO. The van der Waals surface area contributed by atoms with Crippen LogP contribution in [0, 0.1) is 0 Å². The fourth-order valence-corrected chi connectivity index (χ4v) is 2.72. The first kappa shape index (κ1) is 12.2. The van der Waals surface area contributed by atoms with Crippen molar-refractivity contribution in [1.82, 2.24) is 5.32 Å². The van der Waals surface area contributed by atoms with Crippen LogP contribution in [-0.2, 0) is 6.42 Å². The zero-order valence-electron chi connectivity index (χ0n) is 11.2. The smallest absolute Gasteiger partial charge is 0.127 e. The summed E-state index contributed by atoms with van der Waals surface area (Å²) >= 11 is 0. The molecule has 0 amide bonds. The molecule has 0 radical (unpaired) electrons. The molecule has 1 aliphatic heterocycles. The molecule has 19 heavy (non-hydrogen) atoms. The second-order valence-corrected chi connectivity index (χ2v) is 4.84. The number of nitrogens with one attached hydrogen (secondary N) is 1. The predicted octanol–water partition coefficient (Wildman–Crippen LogP) is 3.32. The molecule has 0 spiro atoms. The van der Waals surface area contributed by atoms with E-state index in [9.17, 15) is 0 Å². The highest BCUT2D eigenvalue weighted by Crippen LogP contribution is 2.35. The van der Waals surface area contributed by atoms with Crippen LogP contribution in [-0.4, -0.2) is 13.2 Å². The quantitative estimate of drug-likeness (QED) is 0.902. The Hall–Kier alpha value is -1.80. The van der Waals surface area contributed by atoms with Crippen molar-refractivity contribution < 1.29 is 4.74 Å². The number of ether oxygens (including phenoxy) is 1. The summed E-state index contributed by atoms with van der Waals surface area (Å²) in [6.07, 6.45) is 1.02. The highest BCUT2D eigenvalue weighted by molar-refractivity contribution is 5.48. The minimum Gasteiger partial charge on any atom is -0.493 e. The summed E-state index contributed by atoms with van der Waals surface area (Å²) < 4.78 is 5.84. The fourth-order valence-electron chi connectivity index (χ4n) is 2.72. The van der Waals surface area contributed by atoms with Crippen molar-refractivity contribution >= 4 is 0 Å². The van der Waals surface area contributed by atoms with Gasteiger partial charge in [-0.25, -0.2) is 0 Å². The average Bonchev–Trinajstić information content (AvgIpc) is 2.94. The molecular weight excluding hydrogens is 234 g/mol. The third-order valence-corrected chi connectivity index (χ3v) is 3.60. The van der Waals surface area contributed by atoms with Crippen LogP contribution in [0.3, 0.4) is 0 Å². The van der Waals surface area contributed by atoms with E-state index in [2.05, 4.69) is 60.8 Å². The second-order valence-electron chi connectivity index (χ2n) is 4.84. The first-order chi connectivity index (χ1) is 9.40. The van der Waals surface area contributed by atoms with E-state index in [0.717, 1.165) is 25.3 Å². The van der Waals surface area contributed by atoms with E-state index in [0.29, 0.717) is 0 Å². The van der Waals surface area contributed by atoms with Gasteiger partial charge < -0.3 is 10.1 Å². The Morgan fingerprint density at radius 3 is 2.74 bits per heavy atom. The van der Waals surface area contributed by atoms with Crippen LogP contribution < -0.4 is 10.1 Å². The maximum Gasteiger partial charge on any atom is 0.127 e. The van der Waals surface area contributed by atoms with E-state index in [1.54, 1.807) is 0 Å². The van der Waals surface area contributed by atoms with Crippen LogP contribution in [0.5, 0.6) is 5.75 Å². The summed E-state index contributed by atoms with van der Waals surface area (Å²) in [5, 5.41) is 3.56. The van der Waals surface area contributed by atoms with Gasteiger partial charge in [0.15, 0.2) is 0 Å². The number of benzene rings is 2. The van der Waals surface area contributed by atoms with E-state index >= 15 is 0 Å². The summed E-state index contributed by atoms with van der Waals surface area (Å²) in [6, 6.07) is 17.2. The normalized spacial score (nSPS) is 14.8. The molecule has 1 heterocycles. The van der Waals surface area contributed by atoms with Crippen molar-refractivity contribution in [2.45, 2.75) is 19.4 Å². The number of hydrogen-bond donors (Lipinski definition) is 1. The van der Waals surface area contributed by atoms with E-state index in [1.165, 1.54) is 16.7 Å². The highest BCUT2D eigenvalue weighted by atomic mass is 16.5. The molecule has 3 rings (SSSR count). The van der Waals surface area contributed by atoms with Crippen molar-refractivity contribution in [2.24, 2.45) is 0 Å². The number of hydrogen-bond acceptors (Lipinski definition) is 2. The van der Waals surface area contributed by atoms with Crippen LogP contribution >= 0.6 is 0 Å². The van der Waals surface area contributed by atoms with Crippen LogP contribution in [0.25, 0.3) is 0 Å². The summed E-state index contributed by atoms with van der Waals surface area (Å²) in [7, 11) is 0. The Balaban J connectivity index is 2.04. The average molecular weight is 253 g/mol. The second kappa shape index (κ2) is 5.45. The molecule has 98 valence electrons. The lowest BCUT2D eigenvalue weighted by molar-refractivity contribution is 0.350. The van der Waals surface area contributed by atoms with Gasteiger partial charge in [-0.2, -0.15) is 0 Å². The Morgan fingerprint density at radius 1 is 1.11 bits per heavy atom. The standard InChI is InChI=1S/C17H19NO/c1-2-18-16(13-7-4-3-5-8-13)15-10-6-9-14-11-12-19-17(14)15/h3-10,16,18H,2,11-12H2,1H3. The topological polar surface area (TPSA) is 21.3 Å². The van der Waals surface area contributed by atoms with Gasteiger partial charge in [0.05, 0.1) is 12.6 Å². The number of fused-ring (bicyclic) bond motifs is 1. The van der Waals surface area contributed by atoms with Crippen molar-refractivity contribution in [3.8, 4) is 5.75 Å². The van der Waals surface area contributed by atoms with Gasteiger partial charge in [0.1, 0.15) is 5.75 Å². The summed E-state index contributed by atoms with van der Waals surface area (Å²) in [5.74, 6) is 1.08. The maximum atomic E-state index is 5.84. The molecule has 1 aliphatic rings. The molecule has 0 saturated heterocycles. The van der Waals surface area contributed by atoms with Gasteiger partial charge in [0.2, 0.25) is 0 Å². The first-order valence-corrected chi connectivity index (χ1v) is 6.93. The lowest BCUT2D eigenvalue weighted by Gasteiger charge is -2.21. The molecule has 1 N–H and O–H groups in total. The molecule has 0 saturated carbocycles. The van der Waals surface area contributed by atoms with Gasteiger partial charge in [0, 0.05) is 12.0 Å². The molecule has 0 bridgehead atoms. The third-order valence-electron chi connectivity index (χ3n) is 3.60. The lowest BCUT2D eigenvalue weighted by atomic mass is 9.96. The van der Waals surface area contributed by atoms with E-state index in [1.807, 2.05) is 0 Å². The minimum atomic E-state index is 0.208. The maximum absolute atomic E-state index is 5.84. The summed E-state index contributed by atoms with van der Waals surface area (Å²) in [5.41, 5.74) is 3.87. The van der Waals surface area contributed by atoms with Crippen LogP contribution in [0.15, 0.2) is 48.5 Å². The SMILES string of the molecule is CCNC(c1ccccc1)c1cccc2c1OCC2. The van der Waals surface area contributed by atoms with Crippen LogP contribution in [0.2, 0.25) is 0 Å². The van der Waals surface area contributed by atoms with Crippen LogP contribution in [0.4, 0.5) is 0 Å². The van der Waals surface area contributed by atoms with Gasteiger partial charge in [-0.3, -0.25) is 0 Å². The first-order valence-electron chi connectivity index (χ1n) is 6.93. The number of rotatable bonds is 4. The van der Waals surface area contributed by atoms with Crippen LogP contribution in [0.1, 0.15) is 29.7 Å². The monoisotopic (exact) mass is 253 g/mol. The summed E-state index contributed by atoms with van der Waals surface area (Å²) in [6.45, 7) is 3.88. The molecule has 0 aromatic heterocycles. The fraction of sp³-hybridized carbons (Fsp3) is 0.294. The van der Waals surface area contributed by atoms with Gasteiger partial charge in [0.25, 0.3) is 0 Å². The van der Waals surface area contributed by atoms with Crippen molar-refractivity contribution in [2.75, 3.05) is 13.2 Å². The van der Waals surface area contributed by atoms with Gasteiger partial charge in [-0.1, -0.05) is 55.5 Å². The Labute approximate surface area is 114 Å². The molecule has 0 fully saturated rings. The Bertz CT molecular complexity index is 550. The van der Waals surface area contributed by atoms with Gasteiger partial charge in [-0.15, -0.1) is 0 Å². The van der Waals surface area contributed by atoms with Crippen molar-refractivity contribution in [1.29, 1.82) is 0 Å². The van der Waals surface area contributed by atoms with E-state index in [-0.39, 0.29) is 6.04 Å². The molecule has 1 unspecified atom stereocenters. The highest BCUT2D eigenvalue weighted by Gasteiger charge is 2.22. The Kier molecular flexibility index (Phi) is 3.51. The zero-order valence-corrected chi connectivity index (χ0v) is 11.2. The third kappa shape index (κ3) is 2.36. The molecule has 2 heteroatoms. The lowest BCUT2D eigenvalue weighted by Crippen LogP contribution is -2.22. The molecule has 2 aromatic carbocycles. The predicted molar refractivity (Wildman–Crippen MR) is 77.6 cm³/mol. The van der Waals surface area contributed by atoms with Crippen molar-refractivity contribution in [3.05, 3.63) is 65.2 Å². The summed E-state index contributed by atoms with van der Waals surface area (Å²) in [4.78, 5) is 0. The zero-order chi connectivity index (χ0) is 13.1. The molecule has 2 aromatic rings. The van der Waals surface area contributed by atoms with Gasteiger partial charge >= 0.3 is 0 Å². The molecule has 0 aliphatic carbocycles. The minimum absolute atomic E-state index is 0.208. The van der Waals surface area contributed by atoms with Gasteiger partial charge in [-0.05, 0) is 17.7 Å². The van der Waals surface area contributed by atoms with E-state index < -0.39 is 0 Å². The Morgan fingerprint density at radius 2 is 1.95 bits per heavy atom. The molecule has 1 atom stereocenters.